The summed E-state index contributed by atoms with van der Waals surface area (Å²) < 4.78 is 5.67. The third kappa shape index (κ3) is 3.29. The van der Waals surface area contributed by atoms with Gasteiger partial charge in [0.2, 0.25) is 5.75 Å². The Morgan fingerprint density at radius 1 is 1.25 bits per heavy atom. The lowest BCUT2D eigenvalue weighted by molar-refractivity contribution is -0.385. The van der Waals surface area contributed by atoms with Gasteiger partial charge in [0.15, 0.2) is 0 Å². The molecule has 0 aromatic heterocycles. The lowest BCUT2D eigenvalue weighted by atomic mass is 10.2. The third-order valence-electron chi connectivity index (χ3n) is 2.70. The summed E-state index contributed by atoms with van der Waals surface area (Å²) in [6.07, 6.45) is 0. The summed E-state index contributed by atoms with van der Waals surface area (Å²) in [6, 6.07) is 10.0. The Kier molecular flexibility index (Phi) is 4.62. The largest absolute Gasteiger partial charge is 0.450 e. The first-order valence-corrected chi connectivity index (χ1v) is 7.28. The molecule has 0 radical (unpaired) electrons. The maximum absolute atomic E-state index is 11.1. The monoisotopic (exact) mass is 355 g/mol. The molecule has 0 aliphatic carbocycles. The molecule has 104 valence electrons. The number of ether oxygens (including phenoxy) is 1. The van der Waals surface area contributed by atoms with Crippen LogP contribution in [0.3, 0.4) is 0 Å². The van der Waals surface area contributed by atoms with Crippen molar-refractivity contribution in [3.05, 3.63) is 62.7 Å². The van der Waals surface area contributed by atoms with E-state index in [0.717, 1.165) is 11.1 Å². The number of hydrogen-bond acceptors (Lipinski definition) is 3. The Morgan fingerprint density at radius 3 is 2.65 bits per heavy atom. The molecule has 0 fully saturated rings. The lowest BCUT2D eigenvalue weighted by Crippen LogP contribution is -1.96. The van der Waals surface area contributed by atoms with Gasteiger partial charge in [-0.25, -0.2) is 0 Å². The number of aryl methyl sites for hydroxylation is 1. The average Bonchev–Trinajstić information content (AvgIpc) is 2.41. The van der Waals surface area contributed by atoms with Crippen molar-refractivity contribution in [3.8, 4) is 11.5 Å². The number of nitro groups is 1. The first-order chi connectivity index (χ1) is 9.51. The van der Waals surface area contributed by atoms with Gasteiger partial charge in [-0.3, -0.25) is 10.1 Å². The molecule has 0 N–H and O–H groups in total. The van der Waals surface area contributed by atoms with Gasteiger partial charge in [-0.2, -0.15) is 0 Å². The van der Waals surface area contributed by atoms with Gasteiger partial charge in [0.05, 0.1) is 4.92 Å². The van der Waals surface area contributed by atoms with Crippen molar-refractivity contribution in [1.82, 2.24) is 0 Å². The molecule has 0 heterocycles. The quantitative estimate of drug-likeness (QED) is 0.427. The highest BCUT2D eigenvalue weighted by atomic mass is 79.9. The second-order valence-corrected chi connectivity index (χ2v) is 5.21. The van der Waals surface area contributed by atoms with Crippen LogP contribution in [0, 0.1) is 17.0 Å². The molecule has 6 heteroatoms. The molecule has 4 nitrogen and oxygen atoms in total. The van der Waals surface area contributed by atoms with Gasteiger partial charge in [0.25, 0.3) is 0 Å². The van der Waals surface area contributed by atoms with Gasteiger partial charge < -0.3 is 4.74 Å². The molecule has 0 saturated carbocycles. The molecule has 0 unspecified atom stereocenters. The second-order valence-electron chi connectivity index (χ2n) is 4.22. The van der Waals surface area contributed by atoms with Crippen LogP contribution in [0.2, 0.25) is 5.02 Å². The maximum atomic E-state index is 11.1. The van der Waals surface area contributed by atoms with E-state index in [-0.39, 0.29) is 11.4 Å². The molecular weight excluding hydrogens is 346 g/mol. The lowest BCUT2D eigenvalue weighted by Gasteiger charge is -2.10. The van der Waals surface area contributed by atoms with E-state index in [4.69, 9.17) is 16.3 Å². The highest BCUT2D eigenvalue weighted by Gasteiger charge is 2.17. The number of halogens is 2. The van der Waals surface area contributed by atoms with Gasteiger partial charge in [-0.15, -0.1) is 0 Å². The fourth-order valence-corrected chi connectivity index (χ4v) is 2.33. The van der Waals surface area contributed by atoms with Crippen LogP contribution in [-0.2, 0) is 5.33 Å². The predicted molar refractivity (Wildman–Crippen MR) is 82.0 cm³/mol. The van der Waals surface area contributed by atoms with Crippen molar-refractivity contribution in [2.45, 2.75) is 12.3 Å². The minimum absolute atomic E-state index is 0.0644. The maximum Gasteiger partial charge on any atom is 0.311 e. The van der Waals surface area contributed by atoms with E-state index < -0.39 is 4.92 Å². The Balaban J connectivity index is 2.44. The van der Waals surface area contributed by atoms with Crippen LogP contribution in [0.25, 0.3) is 0 Å². The van der Waals surface area contributed by atoms with Gasteiger partial charge >= 0.3 is 5.69 Å². The topological polar surface area (TPSA) is 52.4 Å². The van der Waals surface area contributed by atoms with Crippen LogP contribution in [0.5, 0.6) is 11.5 Å². The number of nitro benzene ring substituents is 1. The molecule has 2 aromatic rings. The van der Waals surface area contributed by atoms with Gasteiger partial charge in [0, 0.05) is 22.0 Å². The number of benzene rings is 2. The van der Waals surface area contributed by atoms with Crippen LogP contribution in [-0.4, -0.2) is 4.92 Å². The summed E-state index contributed by atoms with van der Waals surface area (Å²) >= 11 is 9.29. The molecule has 0 aliphatic rings. The van der Waals surface area contributed by atoms with E-state index in [0.29, 0.717) is 16.1 Å². The summed E-state index contributed by atoms with van der Waals surface area (Å²) in [5.74, 6) is 0.700. The number of rotatable bonds is 4. The van der Waals surface area contributed by atoms with E-state index in [1.165, 1.54) is 6.07 Å². The van der Waals surface area contributed by atoms with Crippen LogP contribution in [0.15, 0.2) is 36.4 Å². The van der Waals surface area contributed by atoms with Crippen LogP contribution < -0.4 is 4.74 Å². The zero-order valence-electron chi connectivity index (χ0n) is 10.6. The minimum Gasteiger partial charge on any atom is -0.450 e. The Bertz CT molecular complexity index is 661. The fourth-order valence-electron chi connectivity index (χ4n) is 1.71. The summed E-state index contributed by atoms with van der Waals surface area (Å²) in [5, 5.41) is 12.2. The highest BCUT2D eigenvalue weighted by molar-refractivity contribution is 9.08. The summed E-state index contributed by atoms with van der Waals surface area (Å²) in [4.78, 5) is 10.6. The van der Waals surface area contributed by atoms with E-state index in [1.54, 1.807) is 31.2 Å². The molecule has 0 bridgehead atoms. The number of hydrogen-bond donors (Lipinski definition) is 0. The summed E-state index contributed by atoms with van der Waals surface area (Å²) in [5.41, 5.74) is 1.60. The molecule has 2 rings (SSSR count). The van der Waals surface area contributed by atoms with Crippen molar-refractivity contribution in [1.29, 1.82) is 0 Å². The highest BCUT2D eigenvalue weighted by Crippen LogP contribution is 2.35. The molecule has 0 spiro atoms. The third-order valence-corrected chi connectivity index (χ3v) is 3.54. The van der Waals surface area contributed by atoms with Crippen molar-refractivity contribution in [3.63, 3.8) is 0 Å². The number of alkyl halides is 1. The molecule has 0 amide bonds. The van der Waals surface area contributed by atoms with E-state index in [2.05, 4.69) is 15.9 Å². The Labute approximate surface area is 129 Å². The zero-order chi connectivity index (χ0) is 14.7. The molecule has 0 aliphatic heterocycles. The molecule has 20 heavy (non-hydrogen) atoms. The second kappa shape index (κ2) is 6.24. The van der Waals surface area contributed by atoms with Crippen LogP contribution in [0.4, 0.5) is 5.69 Å². The van der Waals surface area contributed by atoms with Crippen molar-refractivity contribution in [2.24, 2.45) is 0 Å². The van der Waals surface area contributed by atoms with Gasteiger partial charge in [0.1, 0.15) is 5.75 Å². The van der Waals surface area contributed by atoms with Gasteiger partial charge in [-0.05, 0) is 30.7 Å². The minimum atomic E-state index is -0.458. The fraction of sp³-hybridized carbons (Fsp3) is 0.143. The first kappa shape index (κ1) is 14.8. The molecular formula is C14H11BrClNO3. The summed E-state index contributed by atoms with van der Waals surface area (Å²) in [6.45, 7) is 1.79. The Hall–Kier alpha value is -1.59. The zero-order valence-corrected chi connectivity index (χ0v) is 12.9. The first-order valence-electron chi connectivity index (χ1n) is 5.78. The van der Waals surface area contributed by atoms with Crippen LogP contribution in [0.1, 0.15) is 11.1 Å². The van der Waals surface area contributed by atoms with Crippen LogP contribution >= 0.6 is 27.5 Å². The van der Waals surface area contributed by atoms with E-state index >= 15 is 0 Å². The predicted octanol–water partition coefficient (Wildman–Crippen LogP) is 5.24. The SMILES string of the molecule is Cc1ccc(Oc2cc(Cl)ccc2CBr)c([N+](=O)[O-])c1. The molecule has 2 aromatic carbocycles. The van der Waals surface area contributed by atoms with E-state index in [1.807, 2.05) is 6.07 Å². The van der Waals surface area contributed by atoms with Crippen molar-refractivity contribution < 1.29 is 9.66 Å². The standard InChI is InChI=1S/C14H11BrClNO3/c1-9-2-5-13(12(6-9)17(18)19)20-14-7-11(16)4-3-10(14)8-15/h2-7H,8H2,1H3. The van der Waals surface area contributed by atoms with Crippen molar-refractivity contribution >= 4 is 33.2 Å². The van der Waals surface area contributed by atoms with Crippen molar-refractivity contribution in [2.75, 3.05) is 0 Å². The smallest absolute Gasteiger partial charge is 0.311 e. The molecule has 0 atom stereocenters. The molecule has 0 saturated heterocycles. The Morgan fingerprint density at radius 2 is 2.00 bits per heavy atom. The van der Waals surface area contributed by atoms with E-state index in [9.17, 15) is 10.1 Å². The summed E-state index contributed by atoms with van der Waals surface area (Å²) in [7, 11) is 0. The number of nitrogens with zero attached hydrogens (tertiary/aromatic N) is 1. The average molecular weight is 357 g/mol. The normalized spacial score (nSPS) is 10.3. The van der Waals surface area contributed by atoms with Gasteiger partial charge in [-0.1, -0.05) is 39.7 Å².